The summed E-state index contributed by atoms with van der Waals surface area (Å²) in [4.78, 5) is 23.4. The van der Waals surface area contributed by atoms with Gasteiger partial charge in [-0.15, -0.1) is 0 Å². The molecule has 2 aromatic rings. The van der Waals surface area contributed by atoms with Crippen molar-refractivity contribution in [2.75, 3.05) is 6.61 Å². The minimum Gasteiger partial charge on any atom is -0.464 e. The molecule has 1 aliphatic carbocycles. The SMILES string of the molecule is Cc1ccc2c(CC(=O)OCC(=O)NC3CC3)coc2c1C. The minimum absolute atomic E-state index is 0.103. The fraction of sp³-hybridized carbons (Fsp3) is 0.412. The monoisotopic (exact) mass is 301 g/mol. The molecule has 5 nitrogen and oxygen atoms in total. The number of carbonyl (C=O) groups excluding carboxylic acids is 2. The first-order valence-electron chi connectivity index (χ1n) is 7.46. The van der Waals surface area contributed by atoms with Gasteiger partial charge in [0.05, 0.1) is 12.7 Å². The second-order valence-electron chi connectivity index (χ2n) is 5.82. The van der Waals surface area contributed by atoms with E-state index in [1.54, 1.807) is 6.26 Å². The molecule has 0 spiro atoms. The van der Waals surface area contributed by atoms with Gasteiger partial charge in [-0.1, -0.05) is 12.1 Å². The van der Waals surface area contributed by atoms with E-state index in [9.17, 15) is 9.59 Å². The molecule has 0 unspecified atom stereocenters. The predicted octanol–water partition coefficient (Wildman–Crippen LogP) is 2.41. The summed E-state index contributed by atoms with van der Waals surface area (Å²) in [6.07, 6.45) is 3.72. The van der Waals surface area contributed by atoms with Gasteiger partial charge in [-0.25, -0.2) is 0 Å². The number of furan rings is 1. The number of esters is 1. The lowest BCUT2D eigenvalue weighted by Crippen LogP contribution is -2.30. The highest BCUT2D eigenvalue weighted by Crippen LogP contribution is 2.26. The third-order valence-electron chi connectivity index (χ3n) is 3.98. The number of rotatable bonds is 5. The summed E-state index contributed by atoms with van der Waals surface area (Å²) >= 11 is 0. The van der Waals surface area contributed by atoms with E-state index in [2.05, 4.69) is 5.32 Å². The van der Waals surface area contributed by atoms with Gasteiger partial charge in [-0.2, -0.15) is 0 Å². The average molecular weight is 301 g/mol. The van der Waals surface area contributed by atoms with Crippen molar-refractivity contribution >= 4 is 22.8 Å². The second-order valence-corrected chi connectivity index (χ2v) is 5.82. The van der Waals surface area contributed by atoms with Crippen LogP contribution in [0.4, 0.5) is 0 Å². The summed E-state index contributed by atoms with van der Waals surface area (Å²) in [6.45, 7) is 3.79. The number of ether oxygens (including phenoxy) is 1. The summed E-state index contributed by atoms with van der Waals surface area (Å²) in [5.74, 6) is -0.661. The number of fused-ring (bicyclic) bond motifs is 1. The predicted molar refractivity (Wildman–Crippen MR) is 81.5 cm³/mol. The van der Waals surface area contributed by atoms with E-state index in [0.29, 0.717) is 0 Å². The van der Waals surface area contributed by atoms with Gasteiger partial charge in [0.15, 0.2) is 6.61 Å². The van der Waals surface area contributed by atoms with Crippen molar-refractivity contribution < 1.29 is 18.7 Å². The topological polar surface area (TPSA) is 68.5 Å². The Morgan fingerprint density at radius 2 is 2.09 bits per heavy atom. The fourth-order valence-electron chi connectivity index (χ4n) is 2.37. The van der Waals surface area contributed by atoms with Crippen LogP contribution in [0.1, 0.15) is 29.5 Å². The van der Waals surface area contributed by atoms with Gasteiger partial charge in [0, 0.05) is 17.0 Å². The van der Waals surface area contributed by atoms with E-state index in [4.69, 9.17) is 9.15 Å². The first-order valence-corrected chi connectivity index (χ1v) is 7.46. The van der Waals surface area contributed by atoms with Gasteiger partial charge in [0.1, 0.15) is 5.58 Å². The van der Waals surface area contributed by atoms with Crippen molar-refractivity contribution in [1.82, 2.24) is 5.32 Å². The van der Waals surface area contributed by atoms with Crippen molar-refractivity contribution in [2.45, 2.75) is 39.2 Å². The molecule has 0 aliphatic heterocycles. The second kappa shape index (κ2) is 5.83. The first-order chi connectivity index (χ1) is 10.5. The molecular weight excluding hydrogens is 282 g/mol. The molecule has 3 rings (SSSR count). The zero-order valence-corrected chi connectivity index (χ0v) is 12.8. The van der Waals surface area contributed by atoms with Crippen LogP contribution in [0.3, 0.4) is 0 Å². The molecular formula is C17H19NO4. The van der Waals surface area contributed by atoms with E-state index in [1.807, 2.05) is 26.0 Å². The van der Waals surface area contributed by atoms with E-state index in [-0.39, 0.29) is 25.0 Å². The molecule has 1 fully saturated rings. The lowest BCUT2D eigenvalue weighted by Gasteiger charge is -2.05. The quantitative estimate of drug-likeness (QED) is 0.861. The van der Waals surface area contributed by atoms with Crippen molar-refractivity contribution in [3.63, 3.8) is 0 Å². The van der Waals surface area contributed by atoms with Crippen LogP contribution in [-0.2, 0) is 20.7 Å². The number of aryl methyl sites for hydroxylation is 2. The molecule has 1 saturated carbocycles. The molecule has 116 valence electrons. The number of hydrogen-bond acceptors (Lipinski definition) is 4. The van der Waals surface area contributed by atoms with Crippen LogP contribution >= 0.6 is 0 Å². The number of carbonyl (C=O) groups is 2. The molecule has 1 aliphatic rings. The lowest BCUT2D eigenvalue weighted by molar-refractivity contribution is -0.147. The molecule has 1 heterocycles. The highest BCUT2D eigenvalue weighted by Gasteiger charge is 2.23. The Bertz CT molecular complexity index is 728. The lowest BCUT2D eigenvalue weighted by atomic mass is 10.0. The van der Waals surface area contributed by atoms with Gasteiger partial charge in [-0.3, -0.25) is 9.59 Å². The maximum absolute atomic E-state index is 11.9. The van der Waals surface area contributed by atoms with Crippen LogP contribution in [0.15, 0.2) is 22.8 Å². The number of amides is 1. The number of nitrogens with one attached hydrogen (secondary N) is 1. The van der Waals surface area contributed by atoms with Gasteiger partial charge in [0.2, 0.25) is 0 Å². The van der Waals surface area contributed by atoms with Crippen molar-refractivity contribution in [3.8, 4) is 0 Å². The van der Waals surface area contributed by atoms with Gasteiger partial charge in [-0.05, 0) is 37.8 Å². The molecule has 22 heavy (non-hydrogen) atoms. The van der Waals surface area contributed by atoms with Crippen LogP contribution in [0.2, 0.25) is 0 Å². The molecule has 1 aromatic carbocycles. The Hall–Kier alpha value is -2.30. The Kier molecular flexibility index (Phi) is 3.88. The molecule has 0 atom stereocenters. The molecule has 0 bridgehead atoms. The molecule has 0 saturated heterocycles. The molecule has 0 radical (unpaired) electrons. The van der Waals surface area contributed by atoms with Crippen molar-refractivity contribution in [1.29, 1.82) is 0 Å². The summed E-state index contributed by atoms with van der Waals surface area (Å²) in [5.41, 5.74) is 3.80. The van der Waals surface area contributed by atoms with E-state index >= 15 is 0 Å². The molecule has 1 amide bonds. The zero-order chi connectivity index (χ0) is 15.7. The largest absolute Gasteiger partial charge is 0.464 e. The Labute approximate surface area is 128 Å². The maximum atomic E-state index is 11.9. The Morgan fingerprint density at radius 1 is 1.32 bits per heavy atom. The molecule has 1 N–H and O–H groups in total. The summed E-state index contributed by atoms with van der Waals surface area (Å²) < 4.78 is 10.6. The van der Waals surface area contributed by atoms with Crippen LogP contribution in [-0.4, -0.2) is 24.5 Å². The van der Waals surface area contributed by atoms with E-state index in [1.165, 1.54) is 0 Å². The van der Waals surface area contributed by atoms with Crippen LogP contribution in [0.5, 0.6) is 0 Å². The van der Waals surface area contributed by atoms with E-state index < -0.39 is 5.97 Å². The standard InChI is InChI=1S/C17H19NO4/c1-10-3-6-14-12(8-22-17(14)11(10)2)7-16(20)21-9-15(19)18-13-4-5-13/h3,6,8,13H,4-5,7,9H2,1-2H3,(H,18,19). The minimum atomic E-state index is -0.424. The Balaban J connectivity index is 1.61. The third-order valence-corrected chi connectivity index (χ3v) is 3.98. The fourth-order valence-corrected chi connectivity index (χ4v) is 2.37. The summed E-state index contributed by atoms with van der Waals surface area (Å²) in [6, 6.07) is 4.23. The summed E-state index contributed by atoms with van der Waals surface area (Å²) in [5, 5.41) is 3.70. The van der Waals surface area contributed by atoms with Gasteiger partial charge >= 0.3 is 5.97 Å². The molecule has 1 aromatic heterocycles. The zero-order valence-electron chi connectivity index (χ0n) is 12.8. The van der Waals surface area contributed by atoms with Crippen LogP contribution < -0.4 is 5.32 Å². The van der Waals surface area contributed by atoms with Crippen LogP contribution in [0, 0.1) is 13.8 Å². The van der Waals surface area contributed by atoms with Crippen molar-refractivity contribution in [3.05, 3.63) is 35.1 Å². The Morgan fingerprint density at radius 3 is 2.82 bits per heavy atom. The molecule has 5 heteroatoms. The van der Waals surface area contributed by atoms with Gasteiger partial charge in [0.25, 0.3) is 5.91 Å². The van der Waals surface area contributed by atoms with Crippen LogP contribution in [0.25, 0.3) is 11.0 Å². The third kappa shape index (κ3) is 3.13. The van der Waals surface area contributed by atoms with Crippen molar-refractivity contribution in [2.24, 2.45) is 0 Å². The normalized spacial score (nSPS) is 14.1. The maximum Gasteiger partial charge on any atom is 0.310 e. The van der Waals surface area contributed by atoms with E-state index in [0.717, 1.165) is 40.5 Å². The number of benzene rings is 1. The average Bonchev–Trinajstić information content (AvgIpc) is 3.20. The highest BCUT2D eigenvalue weighted by atomic mass is 16.5. The highest BCUT2D eigenvalue weighted by molar-refractivity contribution is 5.89. The number of hydrogen-bond donors (Lipinski definition) is 1. The smallest absolute Gasteiger partial charge is 0.310 e. The first kappa shape index (κ1) is 14.6. The summed E-state index contributed by atoms with van der Waals surface area (Å²) in [7, 11) is 0. The van der Waals surface area contributed by atoms with Gasteiger partial charge < -0.3 is 14.5 Å².